The Balaban J connectivity index is 1.95. The van der Waals surface area contributed by atoms with Gasteiger partial charge in [-0.2, -0.15) is 5.10 Å². The highest BCUT2D eigenvalue weighted by atomic mass is 16.1. The third-order valence-electron chi connectivity index (χ3n) is 3.55. The second-order valence-corrected chi connectivity index (χ2v) is 5.11. The van der Waals surface area contributed by atoms with Gasteiger partial charge in [0.1, 0.15) is 0 Å². The Morgan fingerprint density at radius 2 is 1.55 bits per heavy atom. The van der Waals surface area contributed by atoms with Gasteiger partial charge in [0.2, 0.25) is 0 Å². The van der Waals surface area contributed by atoms with E-state index in [9.17, 15) is 4.79 Å². The lowest BCUT2D eigenvalue weighted by molar-refractivity contribution is 0.102. The molecule has 0 aliphatic carbocycles. The summed E-state index contributed by atoms with van der Waals surface area (Å²) in [5, 5.41) is 7.41. The van der Waals surface area contributed by atoms with E-state index < -0.39 is 0 Å². The summed E-state index contributed by atoms with van der Waals surface area (Å²) in [7, 11) is 0. The van der Waals surface area contributed by atoms with E-state index in [1.54, 1.807) is 4.68 Å². The number of para-hydroxylation sites is 2. The molecule has 4 heteroatoms. The summed E-state index contributed by atoms with van der Waals surface area (Å²) in [5.41, 5.74) is 3.89. The number of nitrogens with zero attached hydrogens (tertiary/aromatic N) is 2. The minimum Gasteiger partial charge on any atom is -0.322 e. The highest BCUT2D eigenvalue weighted by molar-refractivity contribution is 6.05. The van der Waals surface area contributed by atoms with E-state index in [1.165, 1.54) is 0 Å². The highest BCUT2D eigenvalue weighted by Crippen LogP contribution is 2.19. The van der Waals surface area contributed by atoms with Gasteiger partial charge in [-0.05, 0) is 38.1 Å². The molecule has 0 saturated carbocycles. The lowest BCUT2D eigenvalue weighted by Crippen LogP contribution is -2.14. The molecule has 0 bridgehead atoms. The number of carbonyl (C=O) groups excluding carboxylic acids is 1. The van der Waals surface area contributed by atoms with Crippen molar-refractivity contribution in [2.45, 2.75) is 13.8 Å². The lowest BCUT2D eigenvalue weighted by Gasteiger charge is -2.06. The van der Waals surface area contributed by atoms with Crippen LogP contribution >= 0.6 is 0 Å². The Labute approximate surface area is 129 Å². The molecule has 0 atom stereocenters. The van der Waals surface area contributed by atoms with Crippen LogP contribution in [0.4, 0.5) is 5.69 Å². The van der Waals surface area contributed by atoms with Crippen LogP contribution in [0.15, 0.2) is 60.7 Å². The lowest BCUT2D eigenvalue weighted by atomic mass is 10.1. The van der Waals surface area contributed by atoms with Crippen molar-refractivity contribution in [2.24, 2.45) is 0 Å². The Bertz CT molecular complexity index is 792. The van der Waals surface area contributed by atoms with Crippen LogP contribution in [0, 0.1) is 13.8 Å². The molecular formula is C18H17N3O. The molecule has 110 valence electrons. The van der Waals surface area contributed by atoms with E-state index in [1.807, 2.05) is 74.5 Å². The van der Waals surface area contributed by atoms with E-state index in [0.717, 1.165) is 22.8 Å². The number of nitrogens with one attached hydrogen (secondary N) is 1. The summed E-state index contributed by atoms with van der Waals surface area (Å²) >= 11 is 0. The van der Waals surface area contributed by atoms with Crippen molar-refractivity contribution in [2.75, 3.05) is 5.32 Å². The number of rotatable bonds is 3. The van der Waals surface area contributed by atoms with Crippen molar-refractivity contribution in [1.29, 1.82) is 0 Å². The molecule has 0 fully saturated rings. The molecule has 4 nitrogen and oxygen atoms in total. The van der Waals surface area contributed by atoms with Crippen molar-refractivity contribution >= 4 is 11.6 Å². The Morgan fingerprint density at radius 1 is 0.955 bits per heavy atom. The number of hydrogen-bond donors (Lipinski definition) is 1. The average Bonchev–Trinajstić information content (AvgIpc) is 2.84. The van der Waals surface area contributed by atoms with Crippen molar-refractivity contribution in [3.8, 4) is 5.69 Å². The van der Waals surface area contributed by atoms with Crippen LogP contribution in [-0.4, -0.2) is 15.7 Å². The number of benzene rings is 2. The maximum Gasteiger partial charge on any atom is 0.259 e. The topological polar surface area (TPSA) is 46.9 Å². The first kappa shape index (κ1) is 14.1. The molecule has 0 aliphatic rings. The molecule has 0 aliphatic heterocycles. The monoisotopic (exact) mass is 291 g/mol. The van der Waals surface area contributed by atoms with E-state index >= 15 is 0 Å². The predicted octanol–water partition coefficient (Wildman–Crippen LogP) is 3.74. The quantitative estimate of drug-likeness (QED) is 0.799. The molecule has 0 radical (unpaired) electrons. The molecular weight excluding hydrogens is 274 g/mol. The summed E-state index contributed by atoms with van der Waals surface area (Å²) in [6, 6.07) is 19.2. The fourth-order valence-corrected chi connectivity index (χ4v) is 2.51. The zero-order chi connectivity index (χ0) is 15.5. The van der Waals surface area contributed by atoms with Crippen LogP contribution in [0.5, 0.6) is 0 Å². The van der Waals surface area contributed by atoms with Crippen LogP contribution in [0.3, 0.4) is 0 Å². The van der Waals surface area contributed by atoms with Crippen molar-refractivity contribution in [1.82, 2.24) is 9.78 Å². The second-order valence-electron chi connectivity index (χ2n) is 5.11. The zero-order valence-corrected chi connectivity index (χ0v) is 12.6. The third-order valence-corrected chi connectivity index (χ3v) is 3.55. The molecule has 1 aromatic heterocycles. The van der Waals surface area contributed by atoms with Crippen molar-refractivity contribution < 1.29 is 4.79 Å². The Kier molecular flexibility index (Phi) is 3.74. The minimum absolute atomic E-state index is 0.136. The molecule has 2 aromatic carbocycles. The number of aromatic nitrogens is 2. The van der Waals surface area contributed by atoms with Gasteiger partial charge >= 0.3 is 0 Å². The zero-order valence-electron chi connectivity index (χ0n) is 12.6. The van der Waals surface area contributed by atoms with E-state index in [0.29, 0.717) is 5.56 Å². The van der Waals surface area contributed by atoms with Gasteiger partial charge in [-0.1, -0.05) is 36.4 Å². The van der Waals surface area contributed by atoms with Crippen LogP contribution in [0.2, 0.25) is 0 Å². The first-order valence-corrected chi connectivity index (χ1v) is 7.15. The number of hydrogen-bond acceptors (Lipinski definition) is 2. The fraction of sp³-hybridized carbons (Fsp3) is 0.111. The fourth-order valence-electron chi connectivity index (χ4n) is 2.51. The normalized spacial score (nSPS) is 10.5. The first-order chi connectivity index (χ1) is 10.7. The molecule has 1 amide bonds. The predicted molar refractivity (Wildman–Crippen MR) is 87.4 cm³/mol. The first-order valence-electron chi connectivity index (χ1n) is 7.15. The number of amides is 1. The summed E-state index contributed by atoms with van der Waals surface area (Å²) in [4.78, 5) is 12.5. The number of aryl methyl sites for hydroxylation is 1. The van der Waals surface area contributed by atoms with Crippen molar-refractivity contribution in [3.05, 3.63) is 77.6 Å². The highest BCUT2D eigenvalue weighted by Gasteiger charge is 2.19. The molecule has 0 unspecified atom stereocenters. The smallest absolute Gasteiger partial charge is 0.259 e. The summed E-state index contributed by atoms with van der Waals surface area (Å²) in [5.74, 6) is -0.136. The molecule has 1 heterocycles. The third kappa shape index (κ3) is 2.63. The van der Waals surface area contributed by atoms with Crippen LogP contribution in [0.25, 0.3) is 5.69 Å². The van der Waals surface area contributed by atoms with Gasteiger partial charge in [0, 0.05) is 5.69 Å². The molecule has 22 heavy (non-hydrogen) atoms. The van der Waals surface area contributed by atoms with Gasteiger partial charge in [-0.15, -0.1) is 0 Å². The SMILES string of the molecule is Cc1nn(-c2ccccc2)c(C)c1C(=O)Nc1ccccc1. The molecule has 3 aromatic rings. The van der Waals surface area contributed by atoms with Gasteiger partial charge in [0.05, 0.1) is 22.6 Å². The maximum atomic E-state index is 12.5. The van der Waals surface area contributed by atoms with Gasteiger partial charge in [-0.3, -0.25) is 4.79 Å². The van der Waals surface area contributed by atoms with Gasteiger partial charge in [-0.25, -0.2) is 4.68 Å². The van der Waals surface area contributed by atoms with Crippen LogP contribution < -0.4 is 5.32 Å². The largest absolute Gasteiger partial charge is 0.322 e. The summed E-state index contributed by atoms with van der Waals surface area (Å²) in [6.07, 6.45) is 0. The van der Waals surface area contributed by atoms with E-state index in [-0.39, 0.29) is 5.91 Å². The average molecular weight is 291 g/mol. The summed E-state index contributed by atoms with van der Waals surface area (Å²) < 4.78 is 1.80. The minimum atomic E-state index is -0.136. The number of anilines is 1. The van der Waals surface area contributed by atoms with Gasteiger partial charge < -0.3 is 5.32 Å². The Hall–Kier alpha value is -2.88. The van der Waals surface area contributed by atoms with Crippen LogP contribution in [0.1, 0.15) is 21.7 Å². The van der Waals surface area contributed by atoms with Gasteiger partial charge in [0.25, 0.3) is 5.91 Å². The van der Waals surface area contributed by atoms with E-state index in [2.05, 4.69) is 10.4 Å². The second kappa shape index (κ2) is 5.85. The van der Waals surface area contributed by atoms with E-state index in [4.69, 9.17) is 0 Å². The standard InChI is InChI=1S/C18H17N3O/c1-13-17(18(22)19-15-9-5-3-6-10-15)14(2)21(20-13)16-11-7-4-8-12-16/h3-12H,1-2H3,(H,19,22). The van der Waals surface area contributed by atoms with Crippen LogP contribution in [-0.2, 0) is 0 Å². The molecule has 0 saturated heterocycles. The Morgan fingerprint density at radius 3 is 2.18 bits per heavy atom. The maximum absolute atomic E-state index is 12.5. The van der Waals surface area contributed by atoms with Gasteiger partial charge in [0.15, 0.2) is 0 Å². The molecule has 1 N–H and O–H groups in total. The van der Waals surface area contributed by atoms with Crippen molar-refractivity contribution in [3.63, 3.8) is 0 Å². The summed E-state index contributed by atoms with van der Waals surface area (Å²) in [6.45, 7) is 3.76. The molecule has 3 rings (SSSR count). The number of carbonyl (C=O) groups is 1. The molecule has 0 spiro atoms.